The quantitative estimate of drug-likeness (QED) is 0.342. The maximum absolute atomic E-state index is 11.0. The molecule has 3 heteroatoms. The first-order valence-electron chi connectivity index (χ1n) is 13.2. The van der Waals surface area contributed by atoms with Gasteiger partial charge < -0.3 is 9.84 Å². The molecule has 3 saturated carbocycles. The lowest BCUT2D eigenvalue weighted by molar-refractivity contribution is -0.0601. The SMILES string of the molecule is CC(C)CCC[C@@H](C)[C@H]1CC[C@@H]2[C@@H]3CC=C4C[C@@H](OC(=O)O)CC[C@]4(C)[C@@H]3CC[C@@]21C. The van der Waals surface area contributed by atoms with E-state index in [9.17, 15) is 4.79 Å². The maximum atomic E-state index is 11.0. The fourth-order valence-corrected chi connectivity index (χ4v) is 8.90. The molecule has 8 atom stereocenters. The van der Waals surface area contributed by atoms with Gasteiger partial charge in [0.15, 0.2) is 0 Å². The molecule has 3 nitrogen and oxygen atoms in total. The third-order valence-electron chi connectivity index (χ3n) is 10.5. The van der Waals surface area contributed by atoms with Gasteiger partial charge >= 0.3 is 6.16 Å². The van der Waals surface area contributed by atoms with Gasteiger partial charge in [-0.2, -0.15) is 0 Å². The van der Waals surface area contributed by atoms with E-state index < -0.39 is 6.16 Å². The van der Waals surface area contributed by atoms with Crippen LogP contribution in [0.3, 0.4) is 0 Å². The van der Waals surface area contributed by atoms with E-state index in [1.165, 1.54) is 56.9 Å². The lowest BCUT2D eigenvalue weighted by Crippen LogP contribution is -2.51. The topological polar surface area (TPSA) is 46.5 Å². The van der Waals surface area contributed by atoms with Crippen LogP contribution < -0.4 is 0 Å². The Morgan fingerprint density at radius 3 is 2.58 bits per heavy atom. The molecule has 0 aliphatic heterocycles. The van der Waals surface area contributed by atoms with Crippen LogP contribution in [0.5, 0.6) is 0 Å². The molecule has 4 aliphatic rings. The van der Waals surface area contributed by atoms with Gasteiger partial charge in [-0.1, -0.05) is 65.5 Å². The minimum atomic E-state index is -1.11. The van der Waals surface area contributed by atoms with Crippen LogP contribution in [0.15, 0.2) is 11.6 Å². The molecule has 0 heterocycles. The fourth-order valence-electron chi connectivity index (χ4n) is 8.90. The Labute approximate surface area is 190 Å². The zero-order chi connectivity index (χ0) is 22.4. The number of carbonyl (C=O) groups is 1. The van der Waals surface area contributed by atoms with Crippen molar-refractivity contribution in [2.24, 2.45) is 46.3 Å². The first-order chi connectivity index (χ1) is 14.6. The zero-order valence-electron chi connectivity index (χ0n) is 20.7. The van der Waals surface area contributed by atoms with E-state index in [1.807, 2.05) is 0 Å². The van der Waals surface area contributed by atoms with E-state index in [0.29, 0.717) is 5.41 Å². The van der Waals surface area contributed by atoms with Crippen molar-refractivity contribution in [2.75, 3.05) is 0 Å². The number of hydrogen-bond donors (Lipinski definition) is 1. The minimum absolute atomic E-state index is 0.134. The van der Waals surface area contributed by atoms with E-state index in [4.69, 9.17) is 9.84 Å². The molecule has 4 rings (SSSR count). The highest BCUT2D eigenvalue weighted by Gasteiger charge is 2.59. The predicted octanol–water partition coefficient (Wildman–Crippen LogP) is 8.09. The van der Waals surface area contributed by atoms with E-state index >= 15 is 0 Å². The smallest absolute Gasteiger partial charge is 0.450 e. The van der Waals surface area contributed by atoms with Crippen LogP contribution in [0.1, 0.15) is 105 Å². The van der Waals surface area contributed by atoms with Crippen LogP contribution >= 0.6 is 0 Å². The highest BCUT2D eigenvalue weighted by Crippen LogP contribution is 2.67. The number of allylic oxidation sites excluding steroid dienone is 1. The van der Waals surface area contributed by atoms with Crippen molar-refractivity contribution in [2.45, 2.75) is 111 Å². The predicted molar refractivity (Wildman–Crippen MR) is 126 cm³/mol. The van der Waals surface area contributed by atoms with Gasteiger partial charge in [0.2, 0.25) is 0 Å². The third kappa shape index (κ3) is 4.20. The number of hydrogen-bond acceptors (Lipinski definition) is 2. The molecule has 0 radical (unpaired) electrons. The molecule has 0 aromatic rings. The fraction of sp³-hybridized carbons (Fsp3) is 0.893. The largest absolute Gasteiger partial charge is 0.506 e. The highest BCUT2D eigenvalue weighted by atomic mass is 16.7. The van der Waals surface area contributed by atoms with Gasteiger partial charge in [0.1, 0.15) is 6.10 Å². The Balaban J connectivity index is 1.47. The Morgan fingerprint density at radius 2 is 1.87 bits per heavy atom. The number of carboxylic acid groups (broad SMARTS) is 1. The summed E-state index contributed by atoms with van der Waals surface area (Å²) in [5.74, 6) is 5.09. The van der Waals surface area contributed by atoms with Crippen LogP contribution in [-0.4, -0.2) is 17.4 Å². The van der Waals surface area contributed by atoms with Crippen LogP contribution in [0.4, 0.5) is 4.79 Å². The van der Waals surface area contributed by atoms with E-state index in [0.717, 1.165) is 54.8 Å². The molecule has 0 saturated heterocycles. The number of ether oxygens (including phenoxy) is 1. The number of rotatable bonds is 6. The second kappa shape index (κ2) is 8.75. The van der Waals surface area contributed by atoms with Gasteiger partial charge in [-0.3, -0.25) is 0 Å². The summed E-state index contributed by atoms with van der Waals surface area (Å²) in [4.78, 5) is 11.0. The summed E-state index contributed by atoms with van der Waals surface area (Å²) < 4.78 is 5.17. The van der Waals surface area contributed by atoms with Crippen LogP contribution in [-0.2, 0) is 4.74 Å². The molecule has 1 N–H and O–H groups in total. The first kappa shape index (κ1) is 23.2. The molecule has 0 amide bonds. The second-order valence-corrected chi connectivity index (χ2v) is 12.5. The third-order valence-corrected chi connectivity index (χ3v) is 10.5. The molecular formula is C28H46O3. The van der Waals surface area contributed by atoms with E-state index in [1.54, 1.807) is 0 Å². The molecule has 3 fully saturated rings. The van der Waals surface area contributed by atoms with Gasteiger partial charge in [0.05, 0.1) is 0 Å². The van der Waals surface area contributed by atoms with Crippen molar-refractivity contribution in [3.63, 3.8) is 0 Å². The average Bonchev–Trinajstić information content (AvgIpc) is 3.05. The zero-order valence-corrected chi connectivity index (χ0v) is 20.7. The van der Waals surface area contributed by atoms with Crippen LogP contribution in [0.2, 0.25) is 0 Å². The summed E-state index contributed by atoms with van der Waals surface area (Å²) >= 11 is 0. The normalized spacial score (nSPS) is 42.9. The maximum Gasteiger partial charge on any atom is 0.506 e. The summed E-state index contributed by atoms with van der Waals surface area (Å²) in [6.45, 7) is 12.4. The Morgan fingerprint density at radius 1 is 1.10 bits per heavy atom. The lowest BCUT2D eigenvalue weighted by atomic mass is 9.47. The van der Waals surface area contributed by atoms with Crippen molar-refractivity contribution in [3.05, 3.63) is 11.6 Å². The van der Waals surface area contributed by atoms with E-state index in [-0.39, 0.29) is 11.5 Å². The van der Waals surface area contributed by atoms with Crippen LogP contribution in [0.25, 0.3) is 0 Å². The summed E-state index contributed by atoms with van der Waals surface area (Å²) in [5, 5.41) is 9.05. The van der Waals surface area contributed by atoms with Crippen molar-refractivity contribution in [1.29, 1.82) is 0 Å². The Kier molecular flexibility index (Phi) is 6.54. The van der Waals surface area contributed by atoms with Gasteiger partial charge in [-0.05, 0) is 91.3 Å². The lowest BCUT2D eigenvalue weighted by Gasteiger charge is -2.58. The van der Waals surface area contributed by atoms with Crippen molar-refractivity contribution in [3.8, 4) is 0 Å². The summed E-state index contributed by atoms with van der Waals surface area (Å²) in [6.07, 6.45) is 15.1. The van der Waals surface area contributed by atoms with Crippen LogP contribution in [0, 0.1) is 46.3 Å². The number of fused-ring (bicyclic) bond motifs is 5. The molecule has 0 aromatic heterocycles. The highest BCUT2D eigenvalue weighted by molar-refractivity contribution is 5.57. The molecule has 0 spiro atoms. The summed E-state index contributed by atoms with van der Waals surface area (Å²) in [5.41, 5.74) is 2.30. The Bertz CT molecular complexity index is 696. The van der Waals surface area contributed by atoms with Crippen molar-refractivity contribution >= 4 is 6.16 Å². The average molecular weight is 431 g/mol. The Hall–Kier alpha value is -0.990. The molecule has 176 valence electrons. The van der Waals surface area contributed by atoms with Gasteiger partial charge in [-0.25, -0.2) is 4.79 Å². The molecule has 0 aromatic carbocycles. The molecule has 0 bridgehead atoms. The standard InChI is InChI=1S/C28H46O3/c1-18(2)7-6-8-19(3)23-11-12-24-22-10-9-20-17-21(31-26(29)30)13-15-27(20,4)25(22)14-16-28(23,24)5/h9,18-19,21-25H,6-8,10-17H2,1-5H3,(H,29,30)/t19-,21+,22+,23-,24-,25-,27+,28-/m1/s1. The minimum Gasteiger partial charge on any atom is -0.450 e. The molecule has 31 heavy (non-hydrogen) atoms. The first-order valence-corrected chi connectivity index (χ1v) is 13.2. The van der Waals surface area contributed by atoms with Crippen molar-refractivity contribution in [1.82, 2.24) is 0 Å². The van der Waals surface area contributed by atoms with Gasteiger partial charge in [0.25, 0.3) is 0 Å². The van der Waals surface area contributed by atoms with Crippen molar-refractivity contribution < 1.29 is 14.6 Å². The molecule has 4 aliphatic carbocycles. The van der Waals surface area contributed by atoms with Gasteiger partial charge in [0, 0.05) is 6.42 Å². The van der Waals surface area contributed by atoms with Gasteiger partial charge in [-0.15, -0.1) is 0 Å². The monoisotopic (exact) mass is 430 g/mol. The molecule has 0 unspecified atom stereocenters. The summed E-state index contributed by atoms with van der Waals surface area (Å²) in [7, 11) is 0. The van der Waals surface area contributed by atoms with E-state index in [2.05, 4.69) is 40.7 Å². The summed E-state index contributed by atoms with van der Waals surface area (Å²) in [6, 6.07) is 0. The molecular weight excluding hydrogens is 384 g/mol. The second-order valence-electron chi connectivity index (χ2n) is 12.5.